The van der Waals surface area contributed by atoms with Crippen molar-refractivity contribution in [2.75, 3.05) is 26.3 Å². The van der Waals surface area contributed by atoms with Crippen molar-refractivity contribution in [3.8, 4) is 0 Å². The fourth-order valence-corrected chi connectivity index (χ4v) is 1.57. The van der Waals surface area contributed by atoms with Crippen LogP contribution in [-0.4, -0.2) is 42.1 Å². The van der Waals surface area contributed by atoms with Gasteiger partial charge in [0.15, 0.2) is 0 Å². The van der Waals surface area contributed by atoms with Crippen molar-refractivity contribution in [3.63, 3.8) is 0 Å². The first-order valence-electron chi connectivity index (χ1n) is 4.83. The van der Waals surface area contributed by atoms with Crippen molar-refractivity contribution >= 4 is 5.91 Å². The van der Waals surface area contributed by atoms with Crippen molar-refractivity contribution in [2.24, 2.45) is 0 Å². The van der Waals surface area contributed by atoms with Gasteiger partial charge in [-0.05, 0) is 11.6 Å². The van der Waals surface area contributed by atoms with Gasteiger partial charge in [0.1, 0.15) is 0 Å². The van der Waals surface area contributed by atoms with E-state index in [0.717, 1.165) is 18.7 Å². The molecule has 4 heteroatoms. The van der Waals surface area contributed by atoms with Crippen molar-refractivity contribution < 1.29 is 9.53 Å². The van der Waals surface area contributed by atoms with Crippen molar-refractivity contribution in [1.29, 1.82) is 0 Å². The number of morpholine rings is 1. The number of carbonyl (C=O) groups excluding carboxylic acids is 1. The number of hydrogen-bond donors (Lipinski definition) is 1. The van der Waals surface area contributed by atoms with Crippen LogP contribution >= 0.6 is 0 Å². The molecule has 1 N–H and O–H groups in total. The quantitative estimate of drug-likeness (QED) is 0.741. The molecule has 1 aromatic rings. The van der Waals surface area contributed by atoms with Gasteiger partial charge in [-0.1, -0.05) is 0 Å². The number of hydrogen-bond acceptors (Lipinski definition) is 2. The molecule has 2 rings (SSSR count). The Hall–Kier alpha value is -1.29. The van der Waals surface area contributed by atoms with E-state index in [1.807, 2.05) is 23.4 Å². The molecule has 76 valence electrons. The zero-order valence-corrected chi connectivity index (χ0v) is 8.03. The minimum atomic E-state index is 0.188. The average Bonchev–Trinajstić information content (AvgIpc) is 2.72. The molecule has 0 bridgehead atoms. The Morgan fingerprint density at radius 3 is 2.93 bits per heavy atom. The molecular weight excluding hydrogens is 180 g/mol. The number of rotatable bonds is 2. The van der Waals surface area contributed by atoms with Gasteiger partial charge in [0.05, 0.1) is 19.6 Å². The molecule has 1 aliphatic rings. The van der Waals surface area contributed by atoms with E-state index in [1.54, 1.807) is 0 Å². The number of H-pyrrole nitrogens is 1. The highest BCUT2D eigenvalue weighted by Gasteiger charge is 2.16. The van der Waals surface area contributed by atoms with Crippen LogP contribution in [0.2, 0.25) is 0 Å². The van der Waals surface area contributed by atoms with E-state index < -0.39 is 0 Å². The Kier molecular flexibility index (Phi) is 2.84. The lowest BCUT2D eigenvalue weighted by Gasteiger charge is -2.26. The van der Waals surface area contributed by atoms with Crippen LogP contribution in [0.3, 0.4) is 0 Å². The number of nitrogens with zero attached hydrogens (tertiary/aromatic N) is 1. The van der Waals surface area contributed by atoms with Gasteiger partial charge in [-0.2, -0.15) is 0 Å². The summed E-state index contributed by atoms with van der Waals surface area (Å²) >= 11 is 0. The molecule has 1 fully saturated rings. The maximum Gasteiger partial charge on any atom is 0.227 e. The molecule has 0 radical (unpaired) electrons. The van der Waals surface area contributed by atoms with Gasteiger partial charge in [-0.25, -0.2) is 0 Å². The van der Waals surface area contributed by atoms with Crippen molar-refractivity contribution in [3.05, 3.63) is 24.0 Å². The van der Waals surface area contributed by atoms with E-state index in [4.69, 9.17) is 4.74 Å². The Morgan fingerprint density at radius 2 is 2.29 bits per heavy atom. The van der Waals surface area contributed by atoms with Crippen LogP contribution in [0.15, 0.2) is 18.5 Å². The first kappa shape index (κ1) is 9.27. The van der Waals surface area contributed by atoms with Gasteiger partial charge in [0.25, 0.3) is 0 Å². The lowest BCUT2D eigenvalue weighted by atomic mass is 10.2. The summed E-state index contributed by atoms with van der Waals surface area (Å²) in [7, 11) is 0. The SMILES string of the molecule is O=C(Cc1cc[nH]c1)N1CCOCC1. The molecule has 1 amide bonds. The molecule has 0 aromatic carbocycles. The zero-order chi connectivity index (χ0) is 9.80. The fourth-order valence-electron chi connectivity index (χ4n) is 1.57. The molecule has 1 saturated heterocycles. The predicted molar refractivity (Wildman–Crippen MR) is 51.9 cm³/mol. The highest BCUT2D eigenvalue weighted by Crippen LogP contribution is 2.04. The van der Waals surface area contributed by atoms with E-state index in [-0.39, 0.29) is 5.91 Å². The predicted octanol–water partition coefficient (Wildman–Crippen LogP) is 0.416. The van der Waals surface area contributed by atoms with E-state index >= 15 is 0 Å². The molecule has 1 aliphatic heterocycles. The summed E-state index contributed by atoms with van der Waals surface area (Å²) in [5, 5.41) is 0. The minimum Gasteiger partial charge on any atom is -0.378 e. The van der Waals surface area contributed by atoms with Crippen LogP contribution in [-0.2, 0) is 16.0 Å². The van der Waals surface area contributed by atoms with Gasteiger partial charge in [-0.3, -0.25) is 4.79 Å². The average molecular weight is 194 g/mol. The first-order valence-corrected chi connectivity index (χ1v) is 4.83. The third kappa shape index (κ3) is 2.14. The Labute approximate surface area is 82.9 Å². The summed E-state index contributed by atoms with van der Waals surface area (Å²) in [5.74, 6) is 0.188. The van der Waals surface area contributed by atoms with Crippen LogP contribution in [0.4, 0.5) is 0 Å². The van der Waals surface area contributed by atoms with Gasteiger partial charge < -0.3 is 14.6 Å². The third-order valence-electron chi connectivity index (χ3n) is 2.38. The number of aromatic nitrogens is 1. The molecular formula is C10H14N2O2. The molecule has 2 heterocycles. The second kappa shape index (κ2) is 4.28. The number of ether oxygens (including phenoxy) is 1. The minimum absolute atomic E-state index is 0.188. The van der Waals surface area contributed by atoms with Crippen LogP contribution in [0.1, 0.15) is 5.56 Å². The van der Waals surface area contributed by atoms with Gasteiger partial charge >= 0.3 is 0 Å². The van der Waals surface area contributed by atoms with E-state index in [2.05, 4.69) is 4.98 Å². The molecule has 0 spiro atoms. The maximum absolute atomic E-state index is 11.7. The van der Waals surface area contributed by atoms with Gasteiger partial charge in [-0.15, -0.1) is 0 Å². The van der Waals surface area contributed by atoms with Gasteiger partial charge in [0.2, 0.25) is 5.91 Å². The number of aromatic amines is 1. The van der Waals surface area contributed by atoms with Crippen LogP contribution in [0, 0.1) is 0 Å². The number of nitrogens with one attached hydrogen (secondary N) is 1. The maximum atomic E-state index is 11.7. The monoisotopic (exact) mass is 194 g/mol. The van der Waals surface area contributed by atoms with E-state index in [9.17, 15) is 4.79 Å². The fraction of sp³-hybridized carbons (Fsp3) is 0.500. The molecule has 0 aliphatic carbocycles. The van der Waals surface area contributed by atoms with E-state index in [0.29, 0.717) is 19.6 Å². The zero-order valence-electron chi connectivity index (χ0n) is 8.03. The summed E-state index contributed by atoms with van der Waals surface area (Å²) in [6.07, 6.45) is 4.18. The van der Waals surface area contributed by atoms with Gasteiger partial charge in [0, 0.05) is 25.5 Å². The van der Waals surface area contributed by atoms with Crippen molar-refractivity contribution in [2.45, 2.75) is 6.42 Å². The molecule has 14 heavy (non-hydrogen) atoms. The summed E-state index contributed by atoms with van der Waals surface area (Å²) in [6.45, 7) is 2.78. The summed E-state index contributed by atoms with van der Waals surface area (Å²) in [6, 6.07) is 1.93. The first-order chi connectivity index (χ1) is 6.86. The Balaban J connectivity index is 1.88. The van der Waals surface area contributed by atoms with Crippen LogP contribution < -0.4 is 0 Å². The van der Waals surface area contributed by atoms with Crippen LogP contribution in [0.5, 0.6) is 0 Å². The summed E-state index contributed by atoms with van der Waals surface area (Å²) < 4.78 is 5.19. The second-order valence-corrected chi connectivity index (χ2v) is 3.39. The molecule has 0 unspecified atom stereocenters. The molecule has 0 atom stereocenters. The Bertz CT molecular complexity index is 289. The van der Waals surface area contributed by atoms with Crippen molar-refractivity contribution in [1.82, 2.24) is 9.88 Å². The second-order valence-electron chi connectivity index (χ2n) is 3.39. The Morgan fingerprint density at radius 1 is 1.50 bits per heavy atom. The summed E-state index contributed by atoms with van der Waals surface area (Å²) in [4.78, 5) is 16.5. The molecule has 0 saturated carbocycles. The topological polar surface area (TPSA) is 45.3 Å². The van der Waals surface area contributed by atoms with E-state index in [1.165, 1.54) is 0 Å². The lowest BCUT2D eigenvalue weighted by Crippen LogP contribution is -2.41. The lowest BCUT2D eigenvalue weighted by molar-refractivity contribution is -0.134. The largest absolute Gasteiger partial charge is 0.378 e. The standard InChI is InChI=1S/C10H14N2O2/c13-10(7-9-1-2-11-8-9)12-3-5-14-6-4-12/h1-2,8,11H,3-7H2. The van der Waals surface area contributed by atoms with Crippen LogP contribution in [0.25, 0.3) is 0 Å². The third-order valence-corrected chi connectivity index (χ3v) is 2.38. The normalized spacial score (nSPS) is 17.0. The smallest absolute Gasteiger partial charge is 0.227 e. The molecule has 1 aromatic heterocycles. The highest BCUT2D eigenvalue weighted by molar-refractivity contribution is 5.78. The number of carbonyl (C=O) groups is 1. The molecule has 4 nitrogen and oxygen atoms in total. The highest BCUT2D eigenvalue weighted by atomic mass is 16.5. The number of amides is 1. The summed E-state index contributed by atoms with van der Waals surface area (Å²) in [5.41, 5.74) is 1.04.